The zero-order valence-corrected chi connectivity index (χ0v) is 13.2. The first-order valence-electron chi connectivity index (χ1n) is 4.87. The maximum atomic E-state index is 11.4. The third kappa shape index (κ3) is 5.51. The van der Waals surface area contributed by atoms with Gasteiger partial charge in [0.15, 0.2) is 0 Å². The predicted octanol–water partition coefficient (Wildman–Crippen LogP) is 3.05. The van der Waals surface area contributed by atoms with Gasteiger partial charge in [0.25, 0.3) is 15.4 Å². The van der Waals surface area contributed by atoms with Gasteiger partial charge in [-0.25, -0.2) is 13.3 Å². The summed E-state index contributed by atoms with van der Waals surface area (Å²) in [5, 5.41) is 0.820. The molecule has 6 nitrogen and oxygen atoms in total. The summed E-state index contributed by atoms with van der Waals surface area (Å²) in [7, 11) is -5.42. The molecule has 1 aliphatic heterocycles. The van der Waals surface area contributed by atoms with E-state index in [2.05, 4.69) is 31.9 Å². The van der Waals surface area contributed by atoms with Gasteiger partial charge in [-0.1, -0.05) is 31.9 Å². The lowest BCUT2D eigenvalue weighted by atomic mass is 10.1. The Kier molecular flexibility index (Phi) is 5.83. The molecule has 0 amide bonds. The van der Waals surface area contributed by atoms with Gasteiger partial charge in [-0.15, -0.1) is 3.89 Å². The third-order valence-electron chi connectivity index (χ3n) is 2.13. The highest BCUT2D eigenvalue weighted by molar-refractivity contribution is 9.10. The Morgan fingerprint density at radius 2 is 2.05 bits per heavy atom. The van der Waals surface area contributed by atoms with E-state index in [1.807, 2.05) is 12.1 Å². The minimum absolute atomic E-state index is 0.116. The lowest BCUT2D eigenvalue weighted by molar-refractivity contribution is -0.745. The summed E-state index contributed by atoms with van der Waals surface area (Å²) in [6, 6.07) is 5.61. The molecule has 0 fully saturated rings. The van der Waals surface area contributed by atoms with E-state index in [0.29, 0.717) is 10.6 Å². The van der Waals surface area contributed by atoms with Gasteiger partial charge < -0.3 is 4.55 Å². The predicted molar refractivity (Wildman–Crippen MR) is 70.5 cm³/mol. The molecule has 0 N–H and O–H groups in total. The molecule has 0 aromatic heterocycles. The van der Waals surface area contributed by atoms with Gasteiger partial charge in [-0.2, -0.15) is 0 Å². The average Bonchev–Trinajstić information content (AvgIpc) is 2.54. The van der Waals surface area contributed by atoms with Crippen LogP contribution in [-0.4, -0.2) is 23.2 Å². The maximum absolute atomic E-state index is 11.4. The van der Waals surface area contributed by atoms with E-state index < -0.39 is 10.5 Å². The minimum Gasteiger partial charge on any atom is -0.722 e. The second-order valence-electron chi connectivity index (χ2n) is 3.43. The van der Waals surface area contributed by atoms with Crippen LogP contribution >= 0.6 is 31.9 Å². The number of hydrogen-bond acceptors (Lipinski definition) is 5. The van der Waals surface area contributed by atoms with Crippen LogP contribution in [0.4, 0.5) is 9.57 Å². The van der Waals surface area contributed by atoms with Crippen molar-refractivity contribution in [2.45, 2.75) is 12.5 Å². The third-order valence-corrected chi connectivity index (χ3v) is 3.08. The fourth-order valence-electron chi connectivity index (χ4n) is 1.48. The van der Waals surface area contributed by atoms with Gasteiger partial charge in [-0.05, 0) is 12.1 Å². The fraction of sp³-hybridized carbons (Fsp3) is 0.333. The molecule has 19 heavy (non-hydrogen) atoms. The summed E-state index contributed by atoms with van der Waals surface area (Å²) >= 11 is 6.66. The monoisotopic (exact) mass is 419 g/mol. The average molecular weight is 421 g/mol. The Labute approximate surface area is 125 Å². The Morgan fingerprint density at radius 3 is 2.58 bits per heavy atom. The van der Waals surface area contributed by atoms with Crippen LogP contribution in [0.1, 0.15) is 18.1 Å². The van der Waals surface area contributed by atoms with Crippen molar-refractivity contribution in [1.29, 1.82) is 0 Å². The number of fused-ring (bicyclic) bond motifs is 1. The molecule has 0 bridgehead atoms. The van der Waals surface area contributed by atoms with Crippen molar-refractivity contribution in [3.05, 3.63) is 33.1 Å². The van der Waals surface area contributed by atoms with E-state index in [0.717, 1.165) is 21.8 Å². The van der Waals surface area contributed by atoms with Crippen molar-refractivity contribution in [2.24, 2.45) is 0 Å². The summed E-state index contributed by atoms with van der Waals surface area (Å²) in [5.74, 6) is 0. The molecular formula is C9H8Br2FNO5S. The van der Waals surface area contributed by atoms with E-state index in [4.69, 9.17) is 17.8 Å². The van der Waals surface area contributed by atoms with E-state index in [9.17, 15) is 8.79 Å². The number of alkyl halides is 1. The Balaban J connectivity index is 0.000000312. The van der Waals surface area contributed by atoms with Crippen molar-refractivity contribution in [3.8, 4) is 0 Å². The second kappa shape index (κ2) is 6.73. The van der Waals surface area contributed by atoms with Crippen LogP contribution in [0.3, 0.4) is 0 Å². The fourth-order valence-corrected chi connectivity index (χ4v) is 2.25. The van der Waals surface area contributed by atoms with Gasteiger partial charge in [0.2, 0.25) is 6.10 Å². The van der Waals surface area contributed by atoms with Gasteiger partial charge in [0.1, 0.15) is 0 Å². The van der Waals surface area contributed by atoms with E-state index in [1.165, 1.54) is 0 Å². The van der Waals surface area contributed by atoms with Crippen LogP contribution in [0.25, 0.3) is 0 Å². The molecular weight excluding hydrogens is 413 g/mol. The van der Waals surface area contributed by atoms with Crippen LogP contribution in [0.15, 0.2) is 22.7 Å². The molecule has 0 radical (unpaired) electrons. The van der Waals surface area contributed by atoms with Crippen molar-refractivity contribution in [1.82, 2.24) is 0 Å². The molecule has 106 valence electrons. The zero-order valence-electron chi connectivity index (χ0n) is 9.25. The van der Waals surface area contributed by atoms with Crippen LogP contribution < -0.4 is 0 Å². The second-order valence-corrected chi connectivity index (χ2v) is 5.92. The minimum atomic E-state index is -5.42. The van der Waals surface area contributed by atoms with E-state index in [-0.39, 0.29) is 6.10 Å². The highest BCUT2D eigenvalue weighted by atomic mass is 79.9. The molecule has 0 saturated heterocycles. The number of benzene rings is 1. The van der Waals surface area contributed by atoms with Gasteiger partial charge in [-0.3, -0.25) is 0 Å². The Bertz CT molecular complexity index is 572. The van der Waals surface area contributed by atoms with Crippen LogP contribution in [0.5, 0.6) is 0 Å². The molecule has 1 heterocycles. The molecule has 1 aromatic rings. The summed E-state index contributed by atoms with van der Waals surface area (Å²) in [5.41, 5.74) is 1.56. The molecule has 1 aromatic carbocycles. The standard InChI is InChI=1S/C9H8Br2NO2.FHO3S/c10-4-3-9-7-2-1-6(11)5-8(7)12(13)14-9;1-5(2,3)4/h1-2,5,9H,3-4H2;(H,2,3,4)/q+1;/p-1. The van der Waals surface area contributed by atoms with Crippen molar-refractivity contribution in [2.75, 3.05) is 5.33 Å². The first kappa shape index (κ1) is 16.5. The lowest BCUT2D eigenvalue weighted by Crippen LogP contribution is -1.99. The summed E-state index contributed by atoms with van der Waals surface area (Å²) in [4.78, 5) is 17.1. The number of halogens is 3. The molecule has 0 aliphatic carbocycles. The van der Waals surface area contributed by atoms with Crippen LogP contribution in [-0.2, 0) is 15.3 Å². The highest BCUT2D eigenvalue weighted by Gasteiger charge is 2.39. The SMILES string of the molecule is O=S(=O)([O-])F.O=[N+]1OC(CCBr)c2ccc(Br)cc21. The number of hydrogen-bond donors (Lipinski definition) is 0. The molecule has 2 rings (SSSR count). The Morgan fingerprint density at radius 1 is 1.47 bits per heavy atom. The molecule has 0 saturated carbocycles. The normalized spacial score (nSPS) is 17.3. The molecule has 1 unspecified atom stereocenters. The van der Waals surface area contributed by atoms with E-state index >= 15 is 0 Å². The first-order chi connectivity index (χ1) is 8.72. The van der Waals surface area contributed by atoms with Crippen molar-refractivity contribution >= 4 is 48.1 Å². The highest BCUT2D eigenvalue weighted by Crippen LogP contribution is 2.39. The summed E-state index contributed by atoms with van der Waals surface area (Å²) in [6.07, 6.45) is 0.683. The van der Waals surface area contributed by atoms with Crippen LogP contribution in [0.2, 0.25) is 0 Å². The Hall–Kier alpha value is -0.580. The van der Waals surface area contributed by atoms with Crippen molar-refractivity contribution < 1.29 is 26.6 Å². The van der Waals surface area contributed by atoms with Crippen molar-refractivity contribution in [3.63, 3.8) is 0 Å². The molecule has 1 aliphatic rings. The molecule has 0 spiro atoms. The number of rotatable bonds is 2. The van der Waals surface area contributed by atoms with Gasteiger partial charge in [0.05, 0.1) is 10.5 Å². The topological polar surface area (TPSA) is 86.5 Å². The smallest absolute Gasteiger partial charge is 0.325 e. The summed E-state index contributed by atoms with van der Waals surface area (Å²) in [6.45, 7) is 0. The van der Waals surface area contributed by atoms with Gasteiger partial charge in [0, 0.05) is 22.3 Å². The van der Waals surface area contributed by atoms with Crippen LogP contribution in [0, 0.1) is 4.91 Å². The summed E-state index contributed by atoms with van der Waals surface area (Å²) < 4.78 is 36.2. The zero-order chi connectivity index (χ0) is 14.6. The lowest BCUT2D eigenvalue weighted by Gasteiger charge is -1.99. The maximum Gasteiger partial charge on any atom is 0.325 e. The molecule has 10 heteroatoms. The van der Waals surface area contributed by atoms with E-state index in [1.54, 1.807) is 6.07 Å². The number of nitrogens with zero attached hydrogens (tertiary/aromatic N) is 1. The first-order valence-corrected chi connectivity index (χ1v) is 8.09. The van der Waals surface area contributed by atoms with Gasteiger partial charge >= 0.3 is 5.69 Å². The molecule has 1 atom stereocenters. The largest absolute Gasteiger partial charge is 0.722 e. The quantitative estimate of drug-likeness (QED) is 0.417.